The highest BCUT2D eigenvalue weighted by Gasteiger charge is 2.32. The Bertz CT molecular complexity index is 712. The fourth-order valence-electron chi connectivity index (χ4n) is 2.70. The van der Waals surface area contributed by atoms with E-state index in [-0.39, 0.29) is 25.0 Å². The van der Waals surface area contributed by atoms with Gasteiger partial charge in [0.15, 0.2) is 6.10 Å². The van der Waals surface area contributed by atoms with Crippen LogP contribution in [-0.2, 0) is 20.7 Å². The molecule has 0 bridgehead atoms. The van der Waals surface area contributed by atoms with Crippen LogP contribution < -0.4 is 0 Å². The van der Waals surface area contributed by atoms with Gasteiger partial charge in [-0.25, -0.2) is 4.79 Å². The Kier molecular flexibility index (Phi) is 3.81. The van der Waals surface area contributed by atoms with Gasteiger partial charge in [0.25, 0.3) is 0 Å². The minimum atomic E-state index is -1.05. The molecule has 3 rings (SSSR count). The number of H-pyrrole nitrogens is 1. The summed E-state index contributed by atoms with van der Waals surface area (Å²) in [5, 5.41) is 17.0. The molecule has 0 radical (unpaired) electrons. The highest BCUT2D eigenvalue weighted by molar-refractivity contribution is 5.87. The maximum atomic E-state index is 12.5. The minimum Gasteiger partial charge on any atom is -0.479 e. The fraction of sp³-hybridized carbons (Fsp3) is 0.400. The summed E-state index contributed by atoms with van der Waals surface area (Å²) < 4.78 is 5.32. The van der Waals surface area contributed by atoms with Gasteiger partial charge in [-0.1, -0.05) is 18.2 Å². The summed E-state index contributed by atoms with van der Waals surface area (Å²) >= 11 is 0. The number of nitrogens with one attached hydrogen (secondary N) is 1. The molecule has 0 spiro atoms. The van der Waals surface area contributed by atoms with Gasteiger partial charge in [0.1, 0.15) is 0 Å². The van der Waals surface area contributed by atoms with Gasteiger partial charge < -0.3 is 14.7 Å². The molecule has 2 heterocycles. The van der Waals surface area contributed by atoms with Crippen molar-refractivity contribution in [2.24, 2.45) is 0 Å². The zero-order valence-corrected chi connectivity index (χ0v) is 12.2. The average molecular weight is 303 g/mol. The van der Waals surface area contributed by atoms with Crippen molar-refractivity contribution in [2.45, 2.75) is 25.6 Å². The molecule has 1 saturated heterocycles. The molecule has 1 amide bonds. The van der Waals surface area contributed by atoms with Crippen molar-refractivity contribution in [2.75, 3.05) is 13.1 Å². The van der Waals surface area contributed by atoms with Crippen LogP contribution >= 0.6 is 0 Å². The molecule has 2 N–H and O–H groups in total. The van der Waals surface area contributed by atoms with Crippen molar-refractivity contribution in [3.05, 3.63) is 30.0 Å². The quantitative estimate of drug-likeness (QED) is 0.874. The molecule has 7 nitrogen and oxygen atoms in total. The maximum absolute atomic E-state index is 12.5. The first-order valence-electron chi connectivity index (χ1n) is 7.12. The number of aromatic nitrogens is 2. The molecule has 7 heteroatoms. The number of hydrogen-bond donors (Lipinski definition) is 2. The zero-order valence-electron chi connectivity index (χ0n) is 12.2. The monoisotopic (exact) mass is 303 g/mol. The topological polar surface area (TPSA) is 95.5 Å². The van der Waals surface area contributed by atoms with Gasteiger partial charge in [-0.3, -0.25) is 9.89 Å². The van der Waals surface area contributed by atoms with E-state index in [0.29, 0.717) is 6.54 Å². The highest BCUT2D eigenvalue weighted by atomic mass is 16.5. The van der Waals surface area contributed by atoms with E-state index < -0.39 is 12.1 Å². The molecule has 2 atom stereocenters. The molecule has 0 saturated carbocycles. The second kappa shape index (κ2) is 5.76. The largest absolute Gasteiger partial charge is 0.479 e. The second-order valence-corrected chi connectivity index (χ2v) is 5.47. The summed E-state index contributed by atoms with van der Waals surface area (Å²) in [5.74, 6) is -1.17. The van der Waals surface area contributed by atoms with E-state index in [2.05, 4.69) is 10.2 Å². The average Bonchev–Trinajstić information content (AvgIpc) is 2.90. The molecule has 1 aliphatic rings. The SMILES string of the molecule is C[C@@H]1CN(C(=O)Cc2[nH]nc3ccccc23)CC(C(=O)O)O1. The number of aliphatic carboxylic acids is 1. The summed E-state index contributed by atoms with van der Waals surface area (Å²) in [4.78, 5) is 25.1. The van der Waals surface area contributed by atoms with E-state index in [0.717, 1.165) is 16.6 Å². The normalized spacial score (nSPS) is 22.0. The van der Waals surface area contributed by atoms with Gasteiger partial charge in [0, 0.05) is 11.9 Å². The standard InChI is InChI=1S/C15H17N3O4/c1-9-7-18(8-13(22-9)15(20)21)14(19)6-12-10-4-2-3-5-11(10)16-17-12/h2-5,9,13H,6-8H2,1H3,(H,16,17)(H,20,21)/t9-,13?/m1/s1. The van der Waals surface area contributed by atoms with Gasteiger partial charge in [-0.15, -0.1) is 0 Å². The number of fused-ring (bicyclic) bond motifs is 1. The molecule has 1 aliphatic heterocycles. The summed E-state index contributed by atoms with van der Waals surface area (Å²) in [5.41, 5.74) is 1.55. The first-order chi connectivity index (χ1) is 10.5. The van der Waals surface area contributed by atoms with Gasteiger partial charge in [0.2, 0.25) is 5.91 Å². The Morgan fingerprint density at radius 2 is 2.18 bits per heavy atom. The third-order valence-corrected chi connectivity index (χ3v) is 3.76. The van der Waals surface area contributed by atoms with Crippen LogP contribution in [0.15, 0.2) is 24.3 Å². The highest BCUT2D eigenvalue weighted by Crippen LogP contribution is 2.18. The van der Waals surface area contributed by atoms with E-state index >= 15 is 0 Å². The van der Waals surface area contributed by atoms with Crippen LogP contribution in [0.2, 0.25) is 0 Å². The number of aromatic amines is 1. The van der Waals surface area contributed by atoms with Gasteiger partial charge in [-0.05, 0) is 13.0 Å². The van der Waals surface area contributed by atoms with E-state index in [9.17, 15) is 9.59 Å². The summed E-state index contributed by atoms with van der Waals surface area (Å²) in [7, 11) is 0. The number of nitrogens with zero attached hydrogens (tertiary/aromatic N) is 2. The molecule has 1 aromatic heterocycles. The number of carboxylic acids is 1. The lowest BCUT2D eigenvalue weighted by atomic mass is 10.1. The summed E-state index contributed by atoms with van der Waals surface area (Å²) in [6.45, 7) is 2.24. The molecule has 116 valence electrons. The molecule has 22 heavy (non-hydrogen) atoms. The zero-order chi connectivity index (χ0) is 15.7. The molecule has 1 fully saturated rings. The van der Waals surface area contributed by atoms with E-state index in [1.54, 1.807) is 11.8 Å². The number of carbonyl (C=O) groups excluding carboxylic acids is 1. The fourth-order valence-corrected chi connectivity index (χ4v) is 2.70. The van der Waals surface area contributed by atoms with Gasteiger partial charge >= 0.3 is 5.97 Å². The lowest BCUT2D eigenvalue weighted by molar-refractivity contribution is -0.166. The van der Waals surface area contributed by atoms with Crippen molar-refractivity contribution in [3.63, 3.8) is 0 Å². The van der Waals surface area contributed by atoms with Crippen LogP contribution in [0.5, 0.6) is 0 Å². The maximum Gasteiger partial charge on any atom is 0.334 e. The van der Waals surface area contributed by atoms with Gasteiger partial charge in [-0.2, -0.15) is 5.10 Å². The first-order valence-corrected chi connectivity index (χ1v) is 7.12. The van der Waals surface area contributed by atoms with E-state index in [1.807, 2.05) is 24.3 Å². The molecule has 1 unspecified atom stereocenters. The van der Waals surface area contributed by atoms with Crippen molar-refractivity contribution < 1.29 is 19.4 Å². The van der Waals surface area contributed by atoms with Crippen molar-refractivity contribution >= 4 is 22.8 Å². The van der Waals surface area contributed by atoms with Crippen LogP contribution in [0.3, 0.4) is 0 Å². The lowest BCUT2D eigenvalue weighted by Crippen LogP contribution is -2.52. The predicted octanol–water partition coefficient (Wildman–Crippen LogP) is 0.806. The lowest BCUT2D eigenvalue weighted by Gasteiger charge is -2.34. The molecular formula is C15H17N3O4. The van der Waals surface area contributed by atoms with Crippen LogP contribution in [-0.4, -0.2) is 57.4 Å². The number of benzene rings is 1. The number of morpholine rings is 1. The second-order valence-electron chi connectivity index (χ2n) is 5.47. The number of carbonyl (C=O) groups is 2. The molecule has 1 aromatic carbocycles. The molecular weight excluding hydrogens is 286 g/mol. The number of amides is 1. The Morgan fingerprint density at radius 1 is 1.41 bits per heavy atom. The molecule has 0 aliphatic carbocycles. The minimum absolute atomic E-state index is 0.0740. The third-order valence-electron chi connectivity index (χ3n) is 3.76. The number of para-hydroxylation sites is 1. The summed E-state index contributed by atoms with van der Waals surface area (Å²) in [6, 6.07) is 7.56. The Morgan fingerprint density at radius 3 is 2.95 bits per heavy atom. The smallest absolute Gasteiger partial charge is 0.334 e. The number of hydrogen-bond acceptors (Lipinski definition) is 4. The van der Waals surface area contributed by atoms with Crippen LogP contribution in [0.4, 0.5) is 0 Å². The van der Waals surface area contributed by atoms with Crippen LogP contribution in [0, 0.1) is 0 Å². The summed E-state index contributed by atoms with van der Waals surface area (Å²) in [6.07, 6.45) is -1.09. The van der Waals surface area contributed by atoms with E-state index in [1.165, 1.54) is 0 Å². The first kappa shape index (κ1) is 14.5. The molecule has 2 aromatic rings. The number of ether oxygens (including phenoxy) is 1. The third kappa shape index (κ3) is 2.80. The van der Waals surface area contributed by atoms with Crippen LogP contribution in [0.1, 0.15) is 12.6 Å². The van der Waals surface area contributed by atoms with Gasteiger partial charge in [0.05, 0.1) is 30.3 Å². The van der Waals surface area contributed by atoms with Crippen molar-refractivity contribution in [1.29, 1.82) is 0 Å². The number of carboxylic acid groups (broad SMARTS) is 1. The Hall–Kier alpha value is -2.41. The van der Waals surface area contributed by atoms with E-state index in [4.69, 9.17) is 9.84 Å². The predicted molar refractivity (Wildman–Crippen MR) is 78.3 cm³/mol. The Labute approximate surface area is 126 Å². The Balaban J connectivity index is 1.75. The van der Waals surface area contributed by atoms with Crippen molar-refractivity contribution in [1.82, 2.24) is 15.1 Å². The number of rotatable bonds is 3. The van der Waals surface area contributed by atoms with Crippen LogP contribution in [0.25, 0.3) is 10.9 Å². The van der Waals surface area contributed by atoms with Crippen molar-refractivity contribution in [3.8, 4) is 0 Å².